The van der Waals surface area contributed by atoms with E-state index < -0.39 is 22.6 Å². The summed E-state index contributed by atoms with van der Waals surface area (Å²) < 4.78 is 64.7. The second-order valence-electron chi connectivity index (χ2n) is 5.32. The fourth-order valence-electron chi connectivity index (χ4n) is 2.35. The van der Waals surface area contributed by atoms with Crippen molar-refractivity contribution in [2.24, 2.45) is 0 Å². The number of halogens is 3. The maximum atomic E-state index is 12.3. The molecular weight excluding hydrogens is 319 g/mol. The molecule has 1 atom stereocenters. The van der Waals surface area contributed by atoms with Crippen molar-refractivity contribution in [1.29, 1.82) is 0 Å². The van der Waals surface area contributed by atoms with Crippen molar-refractivity contribution in [2.75, 3.05) is 23.4 Å². The summed E-state index contributed by atoms with van der Waals surface area (Å²) in [6.07, 6.45) is -2.75. The van der Waals surface area contributed by atoms with Crippen molar-refractivity contribution in [3.8, 4) is 5.75 Å². The number of hydrogen-bond acceptors (Lipinski definition) is 4. The molecule has 22 heavy (non-hydrogen) atoms. The average Bonchev–Trinajstić information content (AvgIpc) is 2.58. The zero-order valence-electron chi connectivity index (χ0n) is 11.9. The molecular formula is C14H18F3NO3S. The van der Waals surface area contributed by atoms with Crippen molar-refractivity contribution >= 4 is 15.5 Å². The fourth-order valence-corrected chi connectivity index (χ4v) is 3.81. The lowest BCUT2D eigenvalue weighted by Gasteiger charge is -2.20. The van der Waals surface area contributed by atoms with Crippen LogP contribution in [0.1, 0.15) is 19.3 Å². The highest BCUT2D eigenvalue weighted by Gasteiger charge is 2.29. The van der Waals surface area contributed by atoms with E-state index in [1.54, 1.807) is 18.2 Å². The molecule has 1 heterocycles. The summed E-state index contributed by atoms with van der Waals surface area (Å²) in [6, 6.07) is 6.28. The highest BCUT2D eigenvalue weighted by molar-refractivity contribution is 7.91. The van der Waals surface area contributed by atoms with Gasteiger partial charge in [0.15, 0.2) is 6.61 Å². The van der Waals surface area contributed by atoms with E-state index in [4.69, 9.17) is 4.74 Å². The third kappa shape index (κ3) is 5.40. The molecule has 1 aromatic carbocycles. The lowest BCUT2D eigenvalue weighted by atomic mass is 10.1. The van der Waals surface area contributed by atoms with Gasteiger partial charge in [-0.3, -0.25) is 0 Å². The van der Waals surface area contributed by atoms with E-state index >= 15 is 0 Å². The topological polar surface area (TPSA) is 55.4 Å². The van der Waals surface area contributed by atoms with Crippen LogP contribution in [0.25, 0.3) is 0 Å². The summed E-state index contributed by atoms with van der Waals surface area (Å²) in [5, 5.41) is 3.11. The van der Waals surface area contributed by atoms with Gasteiger partial charge in [-0.05, 0) is 31.4 Å². The predicted molar refractivity (Wildman–Crippen MR) is 77.9 cm³/mol. The monoisotopic (exact) mass is 337 g/mol. The summed E-state index contributed by atoms with van der Waals surface area (Å²) in [5.74, 6) is 0.375. The first-order chi connectivity index (χ1) is 10.3. The normalized spacial score (nSPS) is 21.9. The maximum absolute atomic E-state index is 12.3. The average molecular weight is 337 g/mol. The Morgan fingerprint density at radius 2 is 1.91 bits per heavy atom. The number of alkyl halides is 3. The van der Waals surface area contributed by atoms with Gasteiger partial charge in [-0.15, -0.1) is 0 Å². The quantitative estimate of drug-likeness (QED) is 0.918. The summed E-state index contributed by atoms with van der Waals surface area (Å²) in [4.78, 5) is 0. The maximum Gasteiger partial charge on any atom is 0.422 e. The molecule has 0 aromatic heterocycles. The minimum absolute atomic E-state index is 0.0899. The second kappa shape index (κ2) is 6.76. The van der Waals surface area contributed by atoms with Crippen LogP contribution in [-0.4, -0.2) is 38.7 Å². The van der Waals surface area contributed by atoms with E-state index in [1.165, 1.54) is 6.07 Å². The number of ether oxygens (including phenoxy) is 1. The van der Waals surface area contributed by atoms with Crippen molar-refractivity contribution in [2.45, 2.75) is 31.5 Å². The number of sulfone groups is 1. The van der Waals surface area contributed by atoms with E-state index in [-0.39, 0.29) is 23.3 Å². The molecule has 1 N–H and O–H groups in total. The van der Waals surface area contributed by atoms with Crippen LogP contribution in [0.3, 0.4) is 0 Å². The Hall–Kier alpha value is -1.44. The van der Waals surface area contributed by atoms with Gasteiger partial charge in [0.05, 0.1) is 17.2 Å². The van der Waals surface area contributed by atoms with Crippen molar-refractivity contribution in [3.05, 3.63) is 24.3 Å². The number of rotatable bonds is 4. The van der Waals surface area contributed by atoms with E-state index in [0.717, 1.165) is 0 Å². The molecule has 0 spiro atoms. The smallest absolute Gasteiger partial charge is 0.422 e. The Labute approximate surface area is 127 Å². The highest BCUT2D eigenvalue weighted by atomic mass is 32.2. The third-order valence-electron chi connectivity index (χ3n) is 3.42. The Morgan fingerprint density at radius 1 is 1.18 bits per heavy atom. The molecule has 1 aromatic rings. The lowest BCUT2D eigenvalue weighted by Crippen LogP contribution is -2.22. The molecule has 0 saturated carbocycles. The molecule has 0 bridgehead atoms. The highest BCUT2D eigenvalue weighted by Crippen LogP contribution is 2.28. The van der Waals surface area contributed by atoms with E-state index in [9.17, 15) is 21.6 Å². The predicted octanol–water partition coefficient (Wildman–Crippen LogP) is 3.01. The van der Waals surface area contributed by atoms with Gasteiger partial charge in [0, 0.05) is 6.04 Å². The zero-order chi connectivity index (χ0) is 16.2. The largest absolute Gasteiger partial charge is 0.482 e. The summed E-state index contributed by atoms with van der Waals surface area (Å²) >= 11 is 0. The molecule has 4 nitrogen and oxygen atoms in total. The minimum atomic E-state index is -4.40. The first kappa shape index (κ1) is 16.9. The molecule has 8 heteroatoms. The van der Waals surface area contributed by atoms with Gasteiger partial charge in [-0.1, -0.05) is 12.1 Å². The Kier molecular flexibility index (Phi) is 5.20. The van der Waals surface area contributed by atoms with Crippen LogP contribution in [0.4, 0.5) is 18.9 Å². The fraction of sp³-hybridized carbons (Fsp3) is 0.571. The molecule has 0 radical (unpaired) electrons. The minimum Gasteiger partial charge on any atom is -0.482 e. The molecule has 0 amide bonds. The van der Waals surface area contributed by atoms with Gasteiger partial charge in [0.2, 0.25) is 0 Å². The van der Waals surface area contributed by atoms with Gasteiger partial charge in [-0.25, -0.2) is 8.42 Å². The molecule has 1 saturated heterocycles. The second-order valence-corrected chi connectivity index (χ2v) is 7.63. The standard InChI is InChI=1S/C14H18F3NO3S/c15-14(16,17)10-21-13-6-2-1-5-12(13)18-11-4-3-8-22(19,20)9-7-11/h1-2,5-6,11,18H,3-4,7-10H2. The van der Waals surface area contributed by atoms with Gasteiger partial charge in [0.25, 0.3) is 0 Å². The van der Waals surface area contributed by atoms with E-state index in [2.05, 4.69) is 5.32 Å². The summed E-state index contributed by atoms with van der Waals surface area (Å²) in [5.41, 5.74) is 0.455. The van der Waals surface area contributed by atoms with Gasteiger partial charge < -0.3 is 10.1 Å². The first-order valence-electron chi connectivity index (χ1n) is 7.01. The van der Waals surface area contributed by atoms with E-state index in [1.807, 2.05) is 0 Å². The first-order valence-corrected chi connectivity index (χ1v) is 8.83. The van der Waals surface area contributed by atoms with Crippen LogP contribution in [0.2, 0.25) is 0 Å². The van der Waals surface area contributed by atoms with Crippen LogP contribution < -0.4 is 10.1 Å². The lowest BCUT2D eigenvalue weighted by molar-refractivity contribution is -0.153. The third-order valence-corrected chi connectivity index (χ3v) is 5.19. The number of benzene rings is 1. The van der Waals surface area contributed by atoms with Crippen LogP contribution in [0.15, 0.2) is 24.3 Å². The van der Waals surface area contributed by atoms with Crippen molar-refractivity contribution < 1.29 is 26.3 Å². The van der Waals surface area contributed by atoms with Crippen LogP contribution in [0, 0.1) is 0 Å². The van der Waals surface area contributed by atoms with Gasteiger partial charge >= 0.3 is 6.18 Å². The molecule has 1 fully saturated rings. The Bertz CT molecular complexity index is 602. The molecule has 0 aliphatic carbocycles. The zero-order valence-corrected chi connectivity index (χ0v) is 12.7. The van der Waals surface area contributed by atoms with Crippen LogP contribution >= 0.6 is 0 Å². The molecule has 1 unspecified atom stereocenters. The van der Waals surface area contributed by atoms with E-state index in [0.29, 0.717) is 24.9 Å². The summed E-state index contributed by atoms with van der Waals surface area (Å²) in [7, 11) is -3.00. The summed E-state index contributed by atoms with van der Waals surface area (Å²) in [6.45, 7) is -1.36. The number of para-hydroxylation sites is 2. The molecule has 2 rings (SSSR count). The molecule has 1 aliphatic heterocycles. The number of anilines is 1. The Morgan fingerprint density at radius 3 is 2.64 bits per heavy atom. The Balaban J connectivity index is 2.03. The van der Waals surface area contributed by atoms with Crippen LogP contribution in [0.5, 0.6) is 5.75 Å². The molecule has 124 valence electrons. The van der Waals surface area contributed by atoms with Crippen LogP contribution in [-0.2, 0) is 9.84 Å². The SMILES string of the molecule is O=S1(=O)CCCC(Nc2ccccc2OCC(F)(F)F)CC1. The molecule has 1 aliphatic rings. The van der Waals surface area contributed by atoms with Gasteiger partial charge in [-0.2, -0.15) is 13.2 Å². The van der Waals surface area contributed by atoms with Crippen molar-refractivity contribution in [1.82, 2.24) is 0 Å². The van der Waals surface area contributed by atoms with Crippen molar-refractivity contribution in [3.63, 3.8) is 0 Å². The van der Waals surface area contributed by atoms with Gasteiger partial charge in [0.1, 0.15) is 15.6 Å². The number of nitrogens with one attached hydrogen (secondary N) is 1. The number of hydrogen-bond donors (Lipinski definition) is 1.